The highest BCUT2D eigenvalue weighted by Crippen LogP contribution is 2.54. The molecule has 0 spiro atoms. The van der Waals surface area contributed by atoms with Crippen LogP contribution in [-0.4, -0.2) is 52.8 Å². The first-order valence-corrected chi connectivity index (χ1v) is 11.0. The van der Waals surface area contributed by atoms with Crippen molar-refractivity contribution in [1.29, 1.82) is 0 Å². The average Bonchev–Trinajstić information content (AvgIpc) is 3.28. The van der Waals surface area contributed by atoms with Crippen molar-refractivity contribution in [2.24, 2.45) is 17.3 Å². The minimum Gasteiger partial charge on any atom is -0.462 e. The lowest BCUT2D eigenvalue weighted by atomic mass is 9.91. The average molecular weight is 416 g/mol. The maximum absolute atomic E-state index is 12.1. The Balaban J connectivity index is 1.31. The normalized spacial score (nSPS) is 33.0. The molecule has 0 aromatic heterocycles. The van der Waals surface area contributed by atoms with E-state index in [1.165, 1.54) is 0 Å². The van der Waals surface area contributed by atoms with Gasteiger partial charge in [0.05, 0.1) is 23.5 Å². The molecule has 2 aliphatic carbocycles. The van der Waals surface area contributed by atoms with E-state index in [2.05, 4.69) is 0 Å². The van der Waals surface area contributed by atoms with E-state index >= 15 is 0 Å². The van der Waals surface area contributed by atoms with Crippen LogP contribution in [-0.2, 0) is 43.9 Å². The number of hydrogen-bond donors (Lipinski definition) is 0. The van der Waals surface area contributed by atoms with Crippen LogP contribution >= 0.6 is 0 Å². The smallest absolute Gasteiger partial charge is 0.311 e. The molecule has 8 nitrogen and oxygen atoms in total. The van der Waals surface area contributed by atoms with Gasteiger partial charge in [-0.1, -0.05) is 6.92 Å². The molecule has 0 N–H and O–H groups in total. The molecule has 9 heteroatoms. The molecular formula is C19H28O8S. The molecule has 0 aromatic carbocycles. The molecule has 28 heavy (non-hydrogen) atoms. The van der Waals surface area contributed by atoms with Crippen LogP contribution in [0.5, 0.6) is 0 Å². The summed E-state index contributed by atoms with van der Waals surface area (Å²) in [6.07, 6.45) is 1.47. The predicted octanol–water partition coefficient (Wildman–Crippen LogP) is 1.67. The van der Waals surface area contributed by atoms with Crippen molar-refractivity contribution in [3.63, 3.8) is 0 Å². The summed E-state index contributed by atoms with van der Waals surface area (Å²) in [5.74, 6) is -0.950. The number of rotatable bonds is 9. The number of carbonyl (C=O) groups excluding carboxylic acids is 3. The van der Waals surface area contributed by atoms with Crippen LogP contribution < -0.4 is 0 Å². The molecule has 6 unspecified atom stereocenters. The molecule has 1 saturated heterocycles. The largest absolute Gasteiger partial charge is 0.462 e. The highest BCUT2D eigenvalue weighted by Gasteiger charge is 2.62. The molecule has 2 bridgehead atoms. The van der Waals surface area contributed by atoms with Gasteiger partial charge in [0, 0.05) is 11.8 Å². The summed E-state index contributed by atoms with van der Waals surface area (Å²) in [5, 5.41) is 0.0805. The van der Waals surface area contributed by atoms with Crippen molar-refractivity contribution in [2.45, 2.75) is 70.3 Å². The van der Waals surface area contributed by atoms with Crippen molar-refractivity contribution < 1.29 is 37.0 Å². The van der Waals surface area contributed by atoms with Gasteiger partial charge in [0.25, 0.3) is 0 Å². The molecule has 0 aromatic rings. The minimum atomic E-state index is -1.28. The van der Waals surface area contributed by atoms with Crippen LogP contribution in [0.4, 0.5) is 0 Å². The maximum Gasteiger partial charge on any atom is 0.311 e. The Kier molecular flexibility index (Phi) is 6.44. The monoisotopic (exact) mass is 416 g/mol. The van der Waals surface area contributed by atoms with Gasteiger partial charge in [-0.15, -0.1) is 0 Å². The van der Waals surface area contributed by atoms with Gasteiger partial charge in [-0.25, -0.2) is 4.21 Å². The second-order valence-electron chi connectivity index (χ2n) is 8.30. The molecule has 3 rings (SSSR count). The van der Waals surface area contributed by atoms with Gasteiger partial charge in [0.1, 0.15) is 25.4 Å². The molecule has 3 aliphatic rings. The molecule has 1 heterocycles. The van der Waals surface area contributed by atoms with Gasteiger partial charge in [0.15, 0.2) is 11.1 Å². The van der Waals surface area contributed by atoms with Gasteiger partial charge < -0.3 is 14.2 Å². The van der Waals surface area contributed by atoms with Crippen molar-refractivity contribution in [1.82, 2.24) is 0 Å². The Morgan fingerprint density at radius 3 is 2.46 bits per heavy atom. The fraction of sp³-hybridized carbons (Fsp3) is 0.842. The summed E-state index contributed by atoms with van der Waals surface area (Å²) >= 11 is -1.28. The zero-order valence-corrected chi connectivity index (χ0v) is 17.3. The lowest BCUT2D eigenvalue weighted by Crippen LogP contribution is -2.37. The van der Waals surface area contributed by atoms with Crippen molar-refractivity contribution in [2.75, 3.05) is 13.2 Å². The fourth-order valence-electron chi connectivity index (χ4n) is 4.00. The van der Waals surface area contributed by atoms with Gasteiger partial charge in [-0.2, -0.15) is 0 Å². The first kappa shape index (κ1) is 21.2. The van der Waals surface area contributed by atoms with Crippen LogP contribution in [0.3, 0.4) is 0 Å². The quantitative estimate of drug-likeness (QED) is 0.318. The van der Waals surface area contributed by atoms with Gasteiger partial charge in [0.2, 0.25) is 0 Å². The van der Waals surface area contributed by atoms with E-state index in [0.717, 1.165) is 12.8 Å². The maximum atomic E-state index is 12.1. The van der Waals surface area contributed by atoms with E-state index in [9.17, 15) is 18.6 Å². The first-order valence-electron chi connectivity index (χ1n) is 9.83. The second-order valence-corrected chi connectivity index (χ2v) is 9.62. The Hall–Kier alpha value is -1.48. The fourth-order valence-corrected chi connectivity index (χ4v) is 5.57. The lowest BCUT2D eigenvalue weighted by Gasteiger charge is -2.25. The highest BCUT2D eigenvalue weighted by molar-refractivity contribution is 7.81. The van der Waals surface area contributed by atoms with E-state index in [-0.39, 0.29) is 61.3 Å². The molecule has 6 atom stereocenters. The topological polar surface area (TPSA) is 105 Å². The number of ether oxygens (including phenoxy) is 3. The minimum absolute atomic E-state index is 0.0130. The Labute approximate surface area is 167 Å². The predicted molar refractivity (Wildman–Crippen MR) is 98.1 cm³/mol. The molecule has 1 aliphatic heterocycles. The third kappa shape index (κ3) is 4.40. The summed E-state index contributed by atoms with van der Waals surface area (Å²) in [5.41, 5.74) is -0.566. The van der Waals surface area contributed by atoms with Crippen molar-refractivity contribution >= 4 is 29.0 Å². The van der Waals surface area contributed by atoms with E-state index in [1.54, 1.807) is 13.8 Å². The van der Waals surface area contributed by atoms with Gasteiger partial charge in [-0.05, 0) is 33.1 Å². The zero-order chi connectivity index (χ0) is 20.5. The molecule has 158 valence electrons. The second kappa shape index (κ2) is 8.49. The third-order valence-electron chi connectivity index (χ3n) is 6.07. The number of carbonyl (C=O) groups is 3. The standard InChI is InChI=1S/C19H28O8S/c1-4-19(2,3)18(22)25-8-7-24-14(20)5-6-15(21)26-16-11-9-12-13(10-11)28(23)27-17(12)16/h11-13,16-17H,4-10H2,1-3H3. The third-order valence-corrected chi connectivity index (χ3v) is 7.52. The zero-order valence-electron chi connectivity index (χ0n) is 16.5. The van der Waals surface area contributed by atoms with Gasteiger partial charge >= 0.3 is 17.9 Å². The lowest BCUT2D eigenvalue weighted by molar-refractivity contribution is -0.161. The van der Waals surface area contributed by atoms with Crippen LogP contribution in [0.15, 0.2) is 0 Å². The number of hydrogen-bond acceptors (Lipinski definition) is 8. The molecule has 2 saturated carbocycles. The Bertz CT molecular complexity index is 660. The van der Waals surface area contributed by atoms with E-state index in [0.29, 0.717) is 6.42 Å². The van der Waals surface area contributed by atoms with Crippen LogP contribution in [0.2, 0.25) is 0 Å². The van der Waals surface area contributed by atoms with Crippen molar-refractivity contribution in [3.8, 4) is 0 Å². The number of fused-ring (bicyclic) bond motifs is 1. The number of esters is 3. The van der Waals surface area contributed by atoms with Gasteiger partial charge in [-0.3, -0.25) is 18.6 Å². The molecule has 3 fully saturated rings. The molecule has 0 radical (unpaired) electrons. The van der Waals surface area contributed by atoms with Crippen LogP contribution in [0, 0.1) is 17.3 Å². The summed E-state index contributed by atoms with van der Waals surface area (Å²) in [4.78, 5) is 35.6. The Morgan fingerprint density at radius 1 is 1.07 bits per heavy atom. The van der Waals surface area contributed by atoms with E-state index in [1.807, 2.05) is 6.92 Å². The van der Waals surface area contributed by atoms with Crippen molar-refractivity contribution in [3.05, 3.63) is 0 Å². The SMILES string of the molecule is CCC(C)(C)C(=O)OCCOC(=O)CCC(=O)OC1C2CC3C1OS(=O)C3C2. The highest BCUT2D eigenvalue weighted by atomic mass is 32.2. The summed E-state index contributed by atoms with van der Waals surface area (Å²) in [7, 11) is 0. The molecular weight excluding hydrogens is 388 g/mol. The summed E-state index contributed by atoms with van der Waals surface area (Å²) in [6.45, 7) is 5.42. The van der Waals surface area contributed by atoms with Crippen LogP contribution in [0.25, 0.3) is 0 Å². The van der Waals surface area contributed by atoms with E-state index < -0.39 is 28.4 Å². The first-order chi connectivity index (χ1) is 13.2. The van der Waals surface area contributed by atoms with E-state index in [4.69, 9.17) is 18.4 Å². The van der Waals surface area contributed by atoms with Crippen LogP contribution in [0.1, 0.15) is 52.9 Å². The molecule has 0 amide bonds. The summed E-state index contributed by atoms with van der Waals surface area (Å²) in [6, 6.07) is 0. The Morgan fingerprint density at radius 2 is 1.75 bits per heavy atom. The summed E-state index contributed by atoms with van der Waals surface area (Å²) < 4.78 is 32.9.